The molecule has 1 amide bonds. The Morgan fingerprint density at radius 1 is 1.11 bits per heavy atom. The molecule has 37 heavy (non-hydrogen) atoms. The lowest BCUT2D eigenvalue weighted by Crippen LogP contribution is -2.39. The van der Waals surface area contributed by atoms with Gasteiger partial charge in [-0.1, -0.05) is 63.2 Å². The number of carbonyl (C=O) groups excluding carboxylic acids is 2. The molecular formula is C31H31N3O3. The van der Waals surface area contributed by atoms with E-state index in [1.54, 1.807) is 29.2 Å². The summed E-state index contributed by atoms with van der Waals surface area (Å²) in [5.74, 6) is 1.09. The van der Waals surface area contributed by atoms with E-state index in [-0.39, 0.29) is 23.7 Å². The zero-order valence-corrected chi connectivity index (χ0v) is 21.7. The SMILES string of the molecule is C=CCN1C(=O)COc2ccc(C(=O)C(C)n3c(-c4ccc(C(C)(C)C)cc4)nc4ccccc43)cc21. The van der Waals surface area contributed by atoms with Gasteiger partial charge in [0.2, 0.25) is 0 Å². The summed E-state index contributed by atoms with van der Waals surface area (Å²) >= 11 is 0. The number of carbonyl (C=O) groups is 2. The maximum Gasteiger partial charge on any atom is 0.265 e. The third kappa shape index (κ3) is 4.44. The smallest absolute Gasteiger partial charge is 0.265 e. The summed E-state index contributed by atoms with van der Waals surface area (Å²) in [6.45, 7) is 12.5. The Kier molecular flexibility index (Phi) is 6.20. The summed E-state index contributed by atoms with van der Waals surface area (Å²) < 4.78 is 7.60. The van der Waals surface area contributed by atoms with Crippen LogP contribution in [0.25, 0.3) is 22.4 Å². The van der Waals surface area contributed by atoms with Gasteiger partial charge in [-0.2, -0.15) is 0 Å². The number of imidazole rings is 1. The molecule has 6 heteroatoms. The van der Waals surface area contributed by atoms with Crippen LogP contribution >= 0.6 is 0 Å². The van der Waals surface area contributed by atoms with Gasteiger partial charge in [0, 0.05) is 17.7 Å². The first-order valence-electron chi connectivity index (χ1n) is 12.5. The van der Waals surface area contributed by atoms with E-state index in [9.17, 15) is 9.59 Å². The third-order valence-corrected chi connectivity index (χ3v) is 6.87. The highest BCUT2D eigenvalue weighted by Crippen LogP contribution is 2.36. The summed E-state index contributed by atoms with van der Waals surface area (Å²) in [7, 11) is 0. The van der Waals surface area contributed by atoms with Crippen molar-refractivity contribution in [2.24, 2.45) is 0 Å². The van der Waals surface area contributed by atoms with Crippen molar-refractivity contribution in [3.05, 3.63) is 90.5 Å². The fraction of sp³-hybridized carbons (Fsp3) is 0.258. The van der Waals surface area contributed by atoms with Gasteiger partial charge in [-0.25, -0.2) is 4.98 Å². The van der Waals surface area contributed by atoms with E-state index in [2.05, 4.69) is 51.6 Å². The third-order valence-electron chi connectivity index (χ3n) is 6.87. The number of ether oxygens (including phenoxy) is 1. The zero-order valence-electron chi connectivity index (χ0n) is 21.7. The molecule has 1 aliphatic rings. The average Bonchev–Trinajstić information content (AvgIpc) is 3.28. The zero-order chi connectivity index (χ0) is 26.3. The molecule has 0 saturated carbocycles. The van der Waals surface area contributed by atoms with Crippen molar-refractivity contribution in [1.29, 1.82) is 0 Å². The van der Waals surface area contributed by atoms with Crippen LogP contribution in [0.15, 0.2) is 79.4 Å². The molecule has 1 unspecified atom stereocenters. The fourth-order valence-corrected chi connectivity index (χ4v) is 4.80. The molecule has 3 aromatic carbocycles. The Hall–Kier alpha value is -4.19. The minimum absolute atomic E-state index is 0.0249. The Labute approximate surface area is 217 Å². The first kappa shape index (κ1) is 24.5. The number of Topliss-reactive ketones (excluding diaryl/α,β-unsaturated/α-hetero) is 1. The minimum atomic E-state index is -0.532. The van der Waals surface area contributed by atoms with Crippen LogP contribution in [0.2, 0.25) is 0 Å². The molecule has 4 aromatic rings. The van der Waals surface area contributed by atoms with Crippen LogP contribution in [0.4, 0.5) is 5.69 Å². The summed E-state index contributed by atoms with van der Waals surface area (Å²) in [4.78, 5) is 32.8. The molecule has 2 heterocycles. The molecule has 6 nitrogen and oxygen atoms in total. The molecule has 1 aliphatic heterocycles. The normalized spacial score (nSPS) is 14.3. The predicted molar refractivity (Wildman–Crippen MR) is 147 cm³/mol. The van der Waals surface area contributed by atoms with Gasteiger partial charge >= 0.3 is 0 Å². The summed E-state index contributed by atoms with van der Waals surface area (Å²) in [5.41, 5.74) is 5.04. The van der Waals surface area contributed by atoms with E-state index in [1.165, 1.54) is 5.56 Å². The molecule has 0 aliphatic carbocycles. The van der Waals surface area contributed by atoms with Crippen LogP contribution in [0.5, 0.6) is 5.75 Å². The van der Waals surface area contributed by atoms with E-state index in [0.717, 1.165) is 22.4 Å². The maximum atomic E-state index is 13.9. The maximum absolute atomic E-state index is 13.9. The van der Waals surface area contributed by atoms with Crippen LogP contribution in [-0.2, 0) is 10.2 Å². The largest absolute Gasteiger partial charge is 0.482 e. The Bertz CT molecular complexity index is 1510. The first-order valence-corrected chi connectivity index (χ1v) is 12.5. The molecule has 0 N–H and O–H groups in total. The number of hydrogen-bond acceptors (Lipinski definition) is 4. The molecular weight excluding hydrogens is 462 g/mol. The molecule has 0 fully saturated rings. The summed E-state index contributed by atoms with van der Waals surface area (Å²) in [5, 5.41) is 0. The number of amides is 1. The van der Waals surface area contributed by atoms with Crippen LogP contribution in [-0.4, -0.2) is 34.4 Å². The number of nitrogens with zero attached hydrogens (tertiary/aromatic N) is 3. The molecule has 0 radical (unpaired) electrons. The highest BCUT2D eigenvalue weighted by atomic mass is 16.5. The number of hydrogen-bond donors (Lipinski definition) is 0. The lowest BCUT2D eigenvalue weighted by Gasteiger charge is -2.29. The van der Waals surface area contributed by atoms with Crippen LogP contribution in [0, 0.1) is 0 Å². The van der Waals surface area contributed by atoms with E-state index in [0.29, 0.717) is 23.5 Å². The van der Waals surface area contributed by atoms with Crippen molar-refractivity contribution in [3.8, 4) is 17.1 Å². The number of fused-ring (bicyclic) bond motifs is 2. The second-order valence-corrected chi connectivity index (χ2v) is 10.4. The molecule has 0 spiro atoms. The standard InChI is InChI=1S/C31H31N3O3/c1-6-17-33-26-18-22(13-16-27(26)37-19-28(33)35)29(36)20(2)34-25-10-8-7-9-24(25)32-30(34)21-11-14-23(15-12-21)31(3,4)5/h6-16,18,20H,1,17,19H2,2-5H3. The lowest BCUT2D eigenvalue weighted by molar-refractivity contribution is -0.121. The number of anilines is 1. The number of ketones is 1. The van der Waals surface area contributed by atoms with Crippen LogP contribution in [0.1, 0.15) is 49.7 Å². The Morgan fingerprint density at radius 3 is 2.54 bits per heavy atom. The van der Waals surface area contributed by atoms with Gasteiger partial charge in [0.1, 0.15) is 11.6 Å². The van der Waals surface area contributed by atoms with Crippen molar-refractivity contribution >= 4 is 28.4 Å². The van der Waals surface area contributed by atoms with Crippen molar-refractivity contribution in [2.75, 3.05) is 18.1 Å². The van der Waals surface area contributed by atoms with E-state index in [4.69, 9.17) is 9.72 Å². The van der Waals surface area contributed by atoms with Gasteiger partial charge in [0.15, 0.2) is 12.4 Å². The highest BCUT2D eigenvalue weighted by Gasteiger charge is 2.28. The van der Waals surface area contributed by atoms with E-state index in [1.807, 2.05) is 35.8 Å². The van der Waals surface area contributed by atoms with Gasteiger partial charge in [0.05, 0.1) is 22.8 Å². The highest BCUT2D eigenvalue weighted by molar-refractivity contribution is 6.04. The summed E-state index contributed by atoms with van der Waals surface area (Å²) in [6, 6.07) is 21.0. The fourth-order valence-electron chi connectivity index (χ4n) is 4.80. The van der Waals surface area contributed by atoms with Crippen LogP contribution in [0.3, 0.4) is 0 Å². The monoisotopic (exact) mass is 493 g/mol. The Balaban J connectivity index is 1.57. The van der Waals surface area contributed by atoms with Crippen molar-refractivity contribution in [2.45, 2.75) is 39.2 Å². The number of rotatable bonds is 6. The summed E-state index contributed by atoms with van der Waals surface area (Å²) in [6.07, 6.45) is 1.67. The predicted octanol–water partition coefficient (Wildman–Crippen LogP) is 6.36. The van der Waals surface area contributed by atoms with Gasteiger partial charge in [-0.15, -0.1) is 6.58 Å². The first-order chi connectivity index (χ1) is 17.7. The molecule has 188 valence electrons. The van der Waals surface area contributed by atoms with E-state index >= 15 is 0 Å². The molecule has 1 atom stereocenters. The van der Waals surface area contributed by atoms with Crippen molar-refractivity contribution in [1.82, 2.24) is 9.55 Å². The van der Waals surface area contributed by atoms with Gasteiger partial charge < -0.3 is 14.2 Å². The molecule has 5 rings (SSSR count). The lowest BCUT2D eigenvalue weighted by atomic mass is 9.86. The van der Waals surface area contributed by atoms with Crippen molar-refractivity contribution in [3.63, 3.8) is 0 Å². The van der Waals surface area contributed by atoms with Crippen LogP contribution < -0.4 is 9.64 Å². The van der Waals surface area contributed by atoms with Gasteiger partial charge in [-0.3, -0.25) is 9.59 Å². The molecule has 1 aromatic heterocycles. The number of para-hydroxylation sites is 2. The molecule has 0 saturated heterocycles. The minimum Gasteiger partial charge on any atom is -0.482 e. The van der Waals surface area contributed by atoms with E-state index < -0.39 is 6.04 Å². The number of aromatic nitrogens is 2. The second kappa shape index (κ2) is 9.36. The van der Waals surface area contributed by atoms with Crippen molar-refractivity contribution < 1.29 is 14.3 Å². The Morgan fingerprint density at radius 2 is 1.84 bits per heavy atom. The van der Waals surface area contributed by atoms with Gasteiger partial charge in [-0.05, 0) is 48.2 Å². The quantitative estimate of drug-likeness (QED) is 0.232. The topological polar surface area (TPSA) is 64.4 Å². The second-order valence-electron chi connectivity index (χ2n) is 10.4. The number of benzene rings is 3. The average molecular weight is 494 g/mol. The molecule has 0 bridgehead atoms. The van der Waals surface area contributed by atoms with Gasteiger partial charge in [0.25, 0.3) is 5.91 Å².